The van der Waals surface area contributed by atoms with Gasteiger partial charge < -0.3 is 15.0 Å². The Kier molecular flexibility index (Phi) is 4.32. The molecular formula is C22H26N4O. The molecular weight excluding hydrogens is 336 g/mol. The lowest BCUT2D eigenvalue weighted by atomic mass is 9.71. The molecule has 1 saturated heterocycles. The second-order valence-corrected chi connectivity index (χ2v) is 7.91. The predicted molar refractivity (Wildman–Crippen MR) is 107 cm³/mol. The minimum absolute atomic E-state index is 0.284. The molecule has 1 aromatic carbocycles. The Morgan fingerprint density at radius 1 is 1.11 bits per heavy atom. The third-order valence-electron chi connectivity index (χ3n) is 6.29. The summed E-state index contributed by atoms with van der Waals surface area (Å²) in [4.78, 5) is 12.3. The van der Waals surface area contributed by atoms with E-state index in [1.54, 1.807) is 6.33 Å². The molecule has 140 valence electrons. The quantitative estimate of drug-likeness (QED) is 0.724. The minimum atomic E-state index is 0.284. The number of aryl methyl sites for hydroxylation is 2. The van der Waals surface area contributed by atoms with Crippen molar-refractivity contribution in [2.75, 3.05) is 18.5 Å². The summed E-state index contributed by atoms with van der Waals surface area (Å²) in [6.45, 7) is 3.85. The lowest BCUT2D eigenvalue weighted by molar-refractivity contribution is 0.0397. The molecule has 0 radical (unpaired) electrons. The highest BCUT2D eigenvalue weighted by molar-refractivity contribution is 5.87. The van der Waals surface area contributed by atoms with Crippen LogP contribution in [0.2, 0.25) is 0 Å². The molecule has 2 unspecified atom stereocenters. The number of nitrogens with one attached hydrogen (secondary N) is 2. The molecule has 3 aromatic rings. The van der Waals surface area contributed by atoms with E-state index in [4.69, 9.17) is 4.74 Å². The second-order valence-electron chi connectivity index (χ2n) is 7.91. The van der Waals surface area contributed by atoms with Crippen molar-refractivity contribution in [3.63, 3.8) is 0 Å². The molecule has 0 spiro atoms. The van der Waals surface area contributed by atoms with Crippen molar-refractivity contribution in [1.29, 1.82) is 0 Å². The van der Waals surface area contributed by atoms with Gasteiger partial charge in [-0.25, -0.2) is 9.97 Å². The molecule has 5 heteroatoms. The maximum Gasteiger partial charge on any atom is 0.143 e. The number of aromatic nitrogens is 3. The number of H-pyrrole nitrogens is 1. The fraction of sp³-hybridized carbons (Fsp3) is 0.455. The number of fused-ring (bicyclic) bond motifs is 2. The largest absolute Gasteiger partial charge is 0.381 e. The zero-order valence-electron chi connectivity index (χ0n) is 15.7. The van der Waals surface area contributed by atoms with Gasteiger partial charge in [0.15, 0.2) is 0 Å². The van der Waals surface area contributed by atoms with E-state index in [2.05, 4.69) is 57.5 Å². The van der Waals surface area contributed by atoms with E-state index >= 15 is 0 Å². The molecule has 5 nitrogen and oxygen atoms in total. The molecule has 5 rings (SSSR count). The van der Waals surface area contributed by atoms with Gasteiger partial charge in [-0.05, 0) is 61.6 Å². The number of nitrogens with zero attached hydrogens (tertiary/aromatic N) is 2. The molecule has 2 aliphatic rings. The molecule has 2 atom stereocenters. The Bertz CT molecular complexity index is 944. The van der Waals surface area contributed by atoms with Crippen molar-refractivity contribution in [1.82, 2.24) is 15.0 Å². The van der Waals surface area contributed by atoms with E-state index < -0.39 is 0 Å². The Balaban J connectivity index is 1.54. The summed E-state index contributed by atoms with van der Waals surface area (Å²) in [6, 6.07) is 11.3. The van der Waals surface area contributed by atoms with E-state index in [1.807, 2.05) is 0 Å². The number of hydrogen-bond acceptors (Lipinski definition) is 4. The van der Waals surface area contributed by atoms with Gasteiger partial charge in [0.25, 0.3) is 0 Å². The summed E-state index contributed by atoms with van der Waals surface area (Å²) in [5, 5.41) is 4.90. The zero-order chi connectivity index (χ0) is 18.2. The van der Waals surface area contributed by atoms with Crippen molar-refractivity contribution < 1.29 is 4.74 Å². The summed E-state index contributed by atoms with van der Waals surface area (Å²) in [6.07, 6.45) is 6.36. The van der Waals surface area contributed by atoms with E-state index in [-0.39, 0.29) is 6.04 Å². The van der Waals surface area contributed by atoms with Crippen LogP contribution in [0.1, 0.15) is 42.1 Å². The normalized spacial score (nSPS) is 23.3. The van der Waals surface area contributed by atoms with Gasteiger partial charge in [0, 0.05) is 18.9 Å². The first-order valence-electron chi connectivity index (χ1n) is 10.0. The van der Waals surface area contributed by atoms with Crippen LogP contribution < -0.4 is 5.32 Å². The highest BCUT2D eigenvalue weighted by Gasteiger charge is 2.36. The fourth-order valence-electron chi connectivity index (χ4n) is 4.95. The lowest BCUT2D eigenvalue weighted by Gasteiger charge is -2.40. The van der Waals surface area contributed by atoms with Gasteiger partial charge in [-0.1, -0.05) is 24.3 Å². The van der Waals surface area contributed by atoms with Crippen LogP contribution >= 0.6 is 0 Å². The third-order valence-corrected chi connectivity index (χ3v) is 6.29. The predicted octanol–water partition coefficient (Wildman–Crippen LogP) is 4.41. The van der Waals surface area contributed by atoms with Crippen LogP contribution in [0.3, 0.4) is 0 Å². The first-order chi connectivity index (χ1) is 13.3. The topological polar surface area (TPSA) is 62.8 Å². The smallest absolute Gasteiger partial charge is 0.143 e. The van der Waals surface area contributed by atoms with Gasteiger partial charge in [0.2, 0.25) is 0 Å². The zero-order valence-corrected chi connectivity index (χ0v) is 15.7. The van der Waals surface area contributed by atoms with E-state index in [1.165, 1.54) is 24.0 Å². The van der Waals surface area contributed by atoms with Crippen LogP contribution in [0, 0.1) is 18.8 Å². The molecule has 1 aliphatic carbocycles. The van der Waals surface area contributed by atoms with Crippen LogP contribution in [0.25, 0.3) is 11.0 Å². The third kappa shape index (κ3) is 3.10. The van der Waals surface area contributed by atoms with Crippen LogP contribution in [0.5, 0.6) is 0 Å². The van der Waals surface area contributed by atoms with Crippen molar-refractivity contribution in [2.24, 2.45) is 11.8 Å². The Hall–Kier alpha value is -2.40. The van der Waals surface area contributed by atoms with Crippen LogP contribution in [0.15, 0.2) is 36.7 Å². The van der Waals surface area contributed by atoms with E-state index in [0.29, 0.717) is 11.8 Å². The van der Waals surface area contributed by atoms with Gasteiger partial charge in [0.1, 0.15) is 17.8 Å². The first kappa shape index (κ1) is 16.8. The highest BCUT2D eigenvalue weighted by atomic mass is 16.5. The Morgan fingerprint density at radius 2 is 1.96 bits per heavy atom. The fourth-order valence-corrected chi connectivity index (χ4v) is 4.95. The average Bonchev–Trinajstić information content (AvgIpc) is 3.10. The van der Waals surface area contributed by atoms with Gasteiger partial charge in [-0.3, -0.25) is 0 Å². The molecule has 3 heterocycles. The summed E-state index contributed by atoms with van der Waals surface area (Å²) in [5.74, 6) is 2.24. The molecule has 1 fully saturated rings. The van der Waals surface area contributed by atoms with Gasteiger partial charge in [-0.2, -0.15) is 0 Å². The van der Waals surface area contributed by atoms with Crippen molar-refractivity contribution in [3.05, 3.63) is 53.5 Å². The average molecular weight is 362 g/mol. The van der Waals surface area contributed by atoms with E-state index in [0.717, 1.165) is 48.6 Å². The molecule has 1 aliphatic heterocycles. The molecule has 2 N–H and O–H groups in total. The number of anilines is 1. The monoisotopic (exact) mass is 362 g/mol. The first-order valence-corrected chi connectivity index (χ1v) is 10.0. The summed E-state index contributed by atoms with van der Waals surface area (Å²) in [7, 11) is 0. The number of ether oxygens (including phenoxy) is 1. The molecule has 0 saturated carbocycles. The number of benzene rings is 1. The second kappa shape index (κ2) is 6.97. The molecule has 0 bridgehead atoms. The minimum Gasteiger partial charge on any atom is -0.381 e. The van der Waals surface area contributed by atoms with E-state index in [9.17, 15) is 0 Å². The van der Waals surface area contributed by atoms with Crippen LogP contribution in [-0.4, -0.2) is 28.2 Å². The maximum absolute atomic E-state index is 5.63. The van der Waals surface area contributed by atoms with Crippen molar-refractivity contribution in [2.45, 2.75) is 38.6 Å². The molecule has 27 heavy (non-hydrogen) atoms. The summed E-state index contributed by atoms with van der Waals surface area (Å²) < 4.78 is 5.63. The number of aromatic amines is 1. The van der Waals surface area contributed by atoms with Gasteiger partial charge >= 0.3 is 0 Å². The van der Waals surface area contributed by atoms with Crippen LogP contribution in [0.4, 0.5) is 5.82 Å². The standard InChI is InChI=1S/C22H26N4O/c1-14-12-19-21(25-14)23-13-24-22(19)26-20-17-5-3-2-4-15(17)6-7-18(20)16-8-10-27-11-9-16/h2-5,12-13,16,18,20H,6-11H2,1H3,(H2,23,24,25,26). The lowest BCUT2D eigenvalue weighted by Crippen LogP contribution is -2.35. The van der Waals surface area contributed by atoms with Crippen molar-refractivity contribution >= 4 is 16.9 Å². The molecule has 0 amide bonds. The Labute approximate surface area is 159 Å². The maximum atomic E-state index is 5.63. The van der Waals surface area contributed by atoms with Gasteiger partial charge in [-0.15, -0.1) is 0 Å². The van der Waals surface area contributed by atoms with Crippen molar-refractivity contribution in [3.8, 4) is 0 Å². The number of rotatable bonds is 3. The Morgan fingerprint density at radius 3 is 2.85 bits per heavy atom. The van der Waals surface area contributed by atoms with Crippen LogP contribution in [-0.2, 0) is 11.2 Å². The highest BCUT2D eigenvalue weighted by Crippen LogP contribution is 2.43. The number of hydrogen-bond donors (Lipinski definition) is 2. The summed E-state index contributed by atoms with van der Waals surface area (Å²) >= 11 is 0. The van der Waals surface area contributed by atoms with Gasteiger partial charge in [0.05, 0.1) is 11.4 Å². The molecule has 2 aromatic heterocycles. The summed E-state index contributed by atoms with van der Waals surface area (Å²) in [5.41, 5.74) is 4.91. The SMILES string of the molecule is Cc1cc2c(NC3c4ccccc4CCC3C3CCOCC3)ncnc2[nH]1.